The number of nitrogens with two attached hydrogens (primary N) is 1. The van der Waals surface area contributed by atoms with E-state index in [9.17, 15) is 9.90 Å². The second-order valence-electron chi connectivity index (χ2n) is 5.14. The van der Waals surface area contributed by atoms with Crippen LogP contribution in [-0.2, 0) is 4.79 Å². The monoisotopic (exact) mass is 263 g/mol. The van der Waals surface area contributed by atoms with E-state index in [2.05, 4.69) is 6.92 Å². The van der Waals surface area contributed by atoms with Gasteiger partial charge in [0.2, 0.25) is 0 Å². The summed E-state index contributed by atoms with van der Waals surface area (Å²) in [5, 5.41) is 9.38. The highest BCUT2D eigenvalue weighted by Gasteiger charge is 2.41. The van der Waals surface area contributed by atoms with E-state index in [1.807, 2.05) is 0 Å². The van der Waals surface area contributed by atoms with Crippen LogP contribution in [0.4, 0.5) is 0 Å². The summed E-state index contributed by atoms with van der Waals surface area (Å²) in [6.07, 6.45) is 9.30. The SMILES string of the molecule is CCCC[C@](N)(C(=O)O)C1CCCCCC1.Cl. The Hall–Kier alpha value is -0.280. The minimum absolute atomic E-state index is 0. The number of hydrogen-bond acceptors (Lipinski definition) is 2. The lowest BCUT2D eigenvalue weighted by molar-refractivity contribution is -0.146. The van der Waals surface area contributed by atoms with Crippen LogP contribution in [0.3, 0.4) is 0 Å². The van der Waals surface area contributed by atoms with Crippen LogP contribution in [0.2, 0.25) is 0 Å². The first-order valence-electron chi connectivity index (χ1n) is 6.63. The van der Waals surface area contributed by atoms with Gasteiger partial charge in [0, 0.05) is 0 Å². The van der Waals surface area contributed by atoms with Gasteiger partial charge in [0.1, 0.15) is 5.54 Å². The standard InChI is InChI=1S/C13H25NO2.ClH/c1-2-3-10-13(14,12(15)16)11-8-6-4-5-7-9-11;/h11H,2-10,14H2,1H3,(H,15,16);1H/t13-;/m1./s1. The number of halogens is 1. The number of hydrogen-bond donors (Lipinski definition) is 2. The van der Waals surface area contributed by atoms with E-state index in [1.165, 1.54) is 12.8 Å². The maximum absolute atomic E-state index is 11.4. The molecule has 1 fully saturated rings. The Kier molecular flexibility index (Phi) is 7.80. The van der Waals surface area contributed by atoms with Crippen molar-refractivity contribution in [1.82, 2.24) is 0 Å². The number of carbonyl (C=O) groups is 1. The van der Waals surface area contributed by atoms with Crippen molar-refractivity contribution in [2.24, 2.45) is 11.7 Å². The molecule has 0 aromatic carbocycles. The van der Waals surface area contributed by atoms with Crippen molar-refractivity contribution in [3.8, 4) is 0 Å². The molecular weight excluding hydrogens is 238 g/mol. The molecule has 4 heteroatoms. The third-order valence-electron chi connectivity index (χ3n) is 3.93. The highest BCUT2D eigenvalue weighted by atomic mass is 35.5. The molecule has 0 saturated heterocycles. The normalized spacial score (nSPS) is 21.1. The van der Waals surface area contributed by atoms with E-state index in [4.69, 9.17) is 5.73 Å². The maximum Gasteiger partial charge on any atom is 0.323 e. The minimum atomic E-state index is -0.972. The molecular formula is C13H26ClNO2. The van der Waals surface area contributed by atoms with Gasteiger partial charge in [-0.2, -0.15) is 0 Å². The number of unbranched alkanes of at least 4 members (excludes halogenated alkanes) is 1. The zero-order chi connectivity index (χ0) is 12.0. The molecule has 3 N–H and O–H groups in total. The van der Waals surface area contributed by atoms with Gasteiger partial charge in [-0.15, -0.1) is 12.4 Å². The molecule has 17 heavy (non-hydrogen) atoms. The average Bonchev–Trinajstić information content (AvgIpc) is 2.54. The molecule has 0 heterocycles. The molecule has 102 valence electrons. The highest BCUT2D eigenvalue weighted by molar-refractivity contribution is 5.85. The second kappa shape index (κ2) is 7.93. The van der Waals surface area contributed by atoms with Crippen molar-refractivity contribution in [2.75, 3.05) is 0 Å². The molecule has 1 rings (SSSR count). The van der Waals surface area contributed by atoms with Crippen LogP contribution in [0.5, 0.6) is 0 Å². The van der Waals surface area contributed by atoms with Crippen molar-refractivity contribution >= 4 is 18.4 Å². The van der Waals surface area contributed by atoms with E-state index < -0.39 is 11.5 Å². The first kappa shape index (κ1) is 16.7. The lowest BCUT2D eigenvalue weighted by Gasteiger charge is -2.33. The van der Waals surface area contributed by atoms with E-state index in [0.29, 0.717) is 6.42 Å². The zero-order valence-corrected chi connectivity index (χ0v) is 11.6. The lowest BCUT2D eigenvalue weighted by atomic mass is 9.76. The number of aliphatic carboxylic acids is 1. The van der Waals surface area contributed by atoms with Gasteiger partial charge in [-0.3, -0.25) is 4.79 Å². The van der Waals surface area contributed by atoms with Crippen LogP contribution >= 0.6 is 12.4 Å². The molecule has 3 nitrogen and oxygen atoms in total. The number of carboxylic acid groups (broad SMARTS) is 1. The Balaban J connectivity index is 0.00000256. The summed E-state index contributed by atoms with van der Waals surface area (Å²) >= 11 is 0. The van der Waals surface area contributed by atoms with Crippen LogP contribution < -0.4 is 5.73 Å². The molecule has 0 spiro atoms. The van der Waals surface area contributed by atoms with E-state index in [-0.39, 0.29) is 18.3 Å². The minimum Gasteiger partial charge on any atom is -0.480 e. The Morgan fingerprint density at radius 3 is 2.24 bits per heavy atom. The molecule has 1 aliphatic rings. The van der Waals surface area contributed by atoms with Crippen molar-refractivity contribution in [3.63, 3.8) is 0 Å². The van der Waals surface area contributed by atoms with Gasteiger partial charge in [-0.05, 0) is 25.2 Å². The quantitative estimate of drug-likeness (QED) is 0.748. The van der Waals surface area contributed by atoms with Gasteiger partial charge in [0.25, 0.3) is 0 Å². The number of rotatable bonds is 5. The maximum atomic E-state index is 11.4. The largest absolute Gasteiger partial charge is 0.480 e. The first-order valence-corrected chi connectivity index (χ1v) is 6.63. The highest BCUT2D eigenvalue weighted by Crippen LogP contribution is 2.33. The van der Waals surface area contributed by atoms with Gasteiger partial charge in [0.05, 0.1) is 0 Å². The Morgan fingerprint density at radius 2 is 1.82 bits per heavy atom. The summed E-state index contributed by atoms with van der Waals surface area (Å²) in [7, 11) is 0. The van der Waals surface area contributed by atoms with Gasteiger partial charge in [0.15, 0.2) is 0 Å². The topological polar surface area (TPSA) is 63.3 Å². The third-order valence-corrected chi connectivity index (χ3v) is 3.93. The molecule has 0 aromatic heterocycles. The molecule has 0 bridgehead atoms. The fourth-order valence-corrected chi connectivity index (χ4v) is 2.75. The summed E-state index contributed by atoms with van der Waals surface area (Å²) in [6, 6.07) is 0. The second-order valence-corrected chi connectivity index (χ2v) is 5.14. The zero-order valence-electron chi connectivity index (χ0n) is 10.8. The third kappa shape index (κ3) is 4.47. The summed E-state index contributed by atoms with van der Waals surface area (Å²) in [6.45, 7) is 2.08. The van der Waals surface area contributed by atoms with Crippen LogP contribution in [0.25, 0.3) is 0 Å². The van der Waals surface area contributed by atoms with E-state index in [0.717, 1.165) is 38.5 Å². The van der Waals surface area contributed by atoms with E-state index >= 15 is 0 Å². The van der Waals surface area contributed by atoms with Crippen LogP contribution in [0, 0.1) is 5.92 Å². The molecule has 0 aromatic rings. The van der Waals surface area contributed by atoms with Crippen molar-refractivity contribution in [1.29, 1.82) is 0 Å². The average molecular weight is 264 g/mol. The number of carboxylic acids is 1. The van der Waals surface area contributed by atoms with Crippen molar-refractivity contribution in [2.45, 2.75) is 70.3 Å². The van der Waals surface area contributed by atoms with Crippen LogP contribution in [0.15, 0.2) is 0 Å². The van der Waals surface area contributed by atoms with E-state index in [1.54, 1.807) is 0 Å². The molecule has 0 amide bonds. The Morgan fingerprint density at radius 1 is 1.29 bits per heavy atom. The predicted octanol–water partition coefficient (Wildman–Crippen LogP) is 3.35. The lowest BCUT2D eigenvalue weighted by Crippen LogP contribution is -2.54. The van der Waals surface area contributed by atoms with Gasteiger partial charge >= 0.3 is 5.97 Å². The molecule has 1 atom stereocenters. The van der Waals surface area contributed by atoms with Crippen molar-refractivity contribution < 1.29 is 9.90 Å². The summed E-state index contributed by atoms with van der Waals surface area (Å²) in [5.74, 6) is -0.619. The Labute approximate surface area is 111 Å². The fourth-order valence-electron chi connectivity index (χ4n) is 2.75. The summed E-state index contributed by atoms with van der Waals surface area (Å²) in [4.78, 5) is 11.4. The van der Waals surface area contributed by atoms with Crippen LogP contribution in [0.1, 0.15) is 64.7 Å². The summed E-state index contributed by atoms with van der Waals surface area (Å²) < 4.78 is 0. The van der Waals surface area contributed by atoms with Gasteiger partial charge in [-0.1, -0.05) is 45.4 Å². The molecule has 0 radical (unpaired) electrons. The van der Waals surface area contributed by atoms with Crippen molar-refractivity contribution in [3.05, 3.63) is 0 Å². The first-order chi connectivity index (χ1) is 7.61. The van der Waals surface area contributed by atoms with Gasteiger partial charge < -0.3 is 10.8 Å². The Bertz CT molecular complexity index is 227. The smallest absolute Gasteiger partial charge is 0.323 e. The predicted molar refractivity (Wildman–Crippen MR) is 72.5 cm³/mol. The molecule has 0 unspecified atom stereocenters. The molecule has 1 aliphatic carbocycles. The van der Waals surface area contributed by atoms with Gasteiger partial charge in [-0.25, -0.2) is 0 Å². The fraction of sp³-hybridized carbons (Fsp3) is 0.923. The molecule has 0 aliphatic heterocycles. The molecule has 1 saturated carbocycles. The van der Waals surface area contributed by atoms with Crippen LogP contribution in [-0.4, -0.2) is 16.6 Å². The summed E-state index contributed by atoms with van der Waals surface area (Å²) in [5.41, 5.74) is 5.20.